The average Bonchev–Trinajstić information content (AvgIpc) is 2.79. The third-order valence-corrected chi connectivity index (χ3v) is 5.70. The zero-order chi connectivity index (χ0) is 21.8. The Bertz CT molecular complexity index is 1090. The van der Waals surface area contributed by atoms with Crippen molar-refractivity contribution >= 4 is 29.3 Å². The molecule has 0 saturated heterocycles. The zero-order valence-corrected chi connectivity index (χ0v) is 17.8. The molecule has 2 amide bonds. The Balaban J connectivity index is 1.70. The highest BCUT2D eigenvalue weighted by atomic mass is 16.2. The van der Waals surface area contributed by atoms with Gasteiger partial charge in [0.1, 0.15) is 0 Å². The Hall–Kier alpha value is -3.66. The van der Waals surface area contributed by atoms with Gasteiger partial charge in [-0.25, -0.2) is 0 Å². The Morgan fingerprint density at radius 3 is 2.19 bits per heavy atom. The predicted octanol–water partition coefficient (Wildman–Crippen LogP) is 5.62. The number of nitrogens with zero attached hydrogens (tertiary/aromatic N) is 2. The molecular weight excluding hydrogens is 384 g/mol. The molecule has 0 fully saturated rings. The van der Waals surface area contributed by atoms with Crippen LogP contribution in [0.25, 0.3) is 6.08 Å². The molecular formula is C27H26N2O2. The molecule has 31 heavy (non-hydrogen) atoms. The van der Waals surface area contributed by atoms with Gasteiger partial charge in [-0.05, 0) is 48.7 Å². The van der Waals surface area contributed by atoms with Crippen LogP contribution in [0.2, 0.25) is 0 Å². The molecule has 4 heteroatoms. The number of rotatable bonds is 4. The van der Waals surface area contributed by atoms with E-state index in [0.29, 0.717) is 6.42 Å². The molecule has 1 heterocycles. The number of fused-ring (bicyclic) bond motifs is 1. The maximum atomic E-state index is 13.2. The topological polar surface area (TPSA) is 40.6 Å². The van der Waals surface area contributed by atoms with Crippen LogP contribution in [-0.4, -0.2) is 17.9 Å². The Labute approximate surface area is 183 Å². The van der Waals surface area contributed by atoms with Gasteiger partial charge >= 0.3 is 0 Å². The SMILES string of the molecule is CC(=O)N(c1ccccc1)[C@H]1C[C@H](C)N(C(=O)/C=C/c2ccccc2)c2ccccc21. The number of carbonyl (C=O) groups excluding carboxylic acids is 2. The first-order valence-electron chi connectivity index (χ1n) is 10.6. The molecule has 0 radical (unpaired) electrons. The smallest absolute Gasteiger partial charge is 0.251 e. The molecule has 0 unspecified atom stereocenters. The van der Waals surface area contributed by atoms with Crippen LogP contribution in [0.15, 0.2) is 91.0 Å². The second-order valence-corrected chi connectivity index (χ2v) is 7.84. The third-order valence-electron chi connectivity index (χ3n) is 5.70. The van der Waals surface area contributed by atoms with Gasteiger partial charge in [-0.1, -0.05) is 66.7 Å². The van der Waals surface area contributed by atoms with Gasteiger partial charge < -0.3 is 9.80 Å². The molecule has 1 aliphatic heterocycles. The van der Waals surface area contributed by atoms with Gasteiger partial charge in [0, 0.05) is 30.4 Å². The lowest BCUT2D eigenvalue weighted by Crippen LogP contribution is -2.47. The van der Waals surface area contributed by atoms with E-state index in [9.17, 15) is 9.59 Å². The van der Waals surface area contributed by atoms with E-state index >= 15 is 0 Å². The number of hydrogen-bond acceptors (Lipinski definition) is 2. The fraction of sp³-hybridized carbons (Fsp3) is 0.185. The summed E-state index contributed by atoms with van der Waals surface area (Å²) >= 11 is 0. The largest absolute Gasteiger partial charge is 0.306 e. The maximum Gasteiger partial charge on any atom is 0.251 e. The van der Waals surface area contributed by atoms with Crippen molar-refractivity contribution < 1.29 is 9.59 Å². The maximum absolute atomic E-state index is 13.2. The number of carbonyl (C=O) groups is 2. The van der Waals surface area contributed by atoms with E-state index in [1.54, 1.807) is 13.0 Å². The van der Waals surface area contributed by atoms with Crippen LogP contribution >= 0.6 is 0 Å². The molecule has 3 aromatic carbocycles. The summed E-state index contributed by atoms with van der Waals surface area (Å²) in [7, 11) is 0. The minimum atomic E-state index is -0.131. The van der Waals surface area contributed by atoms with E-state index in [1.807, 2.05) is 108 Å². The van der Waals surface area contributed by atoms with Crippen molar-refractivity contribution in [3.05, 3.63) is 102 Å². The zero-order valence-electron chi connectivity index (χ0n) is 17.8. The monoisotopic (exact) mass is 410 g/mol. The number of benzene rings is 3. The van der Waals surface area contributed by atoms with E-state index in [1.165, 1.54) is 0 Å². The first-order chi connectivity index (χ1) is 15.1. The summed E-state index contributed by atoms with van der Waals surface area (Å²) in [4.78, 5) is 29.5. The molecule has 0 aromatic heterocycles. The lowest BCUT2D eigenvalue weighted by atomic mass is 9.89. The van der Waals surface area contributed by atoms with E-state index in [2.05, 4.69) is 0 Å². The van der Waals surface area contributed by atoms with Crippen LogP contribution in [0, 0.1) is 0 Å². The standard InChI is InChI=1S/C27H26N2O2/c1-20-19-26(29(21(2)30)23-13-7-4-8-14-23)24-15-9-10-16-25(24)28(20)27(31)18-17-22-11-5-3-6-12-22/h3-18,20,26H,19H2,1-2H3/b18-17+/t20-,26-/m0/s1. The molecule has 1 aliphatic rings. The van der Waals surface area contributed by atoms with E-state index < -0.39 is 0 Å². The summed E-state index contributed by atoms with van der Waals surface area (Å²) in [6, 6.07) is 27.2. The van der Waals surface area contributed by atoms with E-state index in [0.717, 1.165) is 22.5 Å². The van der Waals surface area contributed by atoms with Crippen molar-refractivity contribution in [1.29, 1.82) is 0 Å². The predicted molar refractivity (Wildman–Crippen MR) is 126 cm³/mol. The van der Waals surface area contributed by atoms with Crippen molar-refractivity contribution in [2.75, 3.05) is 9.80 Å². The van der Waals surface area contributed by atoms with E-state index in [-0.39, 0.29) is 23.9 Å². The fourth-order valence-corrected chi connectivity index (χ4v) is 4.34. The number of anilines is 2. The molecule has 0 saturated carbocycles. The van der Waals surface area contributed by atoms with Crippen molar-refractivity contribution in [2.45, 2.75) is 32.4 Å². The molecule has 2 atom stereocenters. The molecule has 3 aromatic rings. The Kier molecular flexibility index (Phi) is 5.99. The molecule has 4 rings (SSSR count). The first-order valence-corrected chi connectivity index (χ1v) is 10.6. The van der Waals surface area contributed by atoms with Crippen LogP contribution in [0.4, 0.5) is 11.4 Å². The first kappa shape index (κ1) is 20.6. The quantitative estimate of drug-likeness (QED) is 0.524. The molecule has 0 N–H and O–H groups in total. The minimum Gasteiger partial charge on any atom is -0.306 e. The van der Waals surface area contributed by atoms with Gasteiger partial charge in [-0.2, -0.15) is 0 Å². The molecule has 4 nitrogen and oxygen atoms in total. The lowest BCUT2D eigenvalue weighted by molar-refractivity contribution is -0.117. The van der Waals surface area contributed by atoms with Crippen molar-refractivity contribution in [3.63, 3.8) is 0 Å². The van der Waals surface area contributed by atoms with Gasteiger partial charge in [-0.15, -0.1) is 0 Å². The van der Waals surface area contributed by atoms with Crippen molar-refractivity contribution in [1.82, 2.24) is 0 Å². The third kappa shape index (κ3) is 4.29. The van der Waals surface area contributed by atoms with Crippen LogP contribution in [0.3, 0.4) is 0 Å². The van der Waals surface area contributed by atoms with Crippen LogP contribution in [0.1, 0.15) is 37.4 Å². The highest BCUT2D eigenvalue weighted by Crippen LogP contribution is 2.42. The Morgan fingerprint density at radius 1 is 0.903 bits per heavy atom. The second-order valence-electron chi connectivity index (χ2n) is 7.84. The van der Waals surface area contributed by atoms with Gasteiger partial charge in [0.25, 0.3) is 5.91 Å². The van der Waals surface area contributed by atoms with Gasteiger partial charge in [0.15, 0.2) is 0 Å². The van der Waals surface area contributed by atoms with Crippen LogP contribution < -0.4 is 9.80 Å². The summed E-state index contributed by atoms with van der Waals surface area (Å²) in [5, 5.41) is 0. The molecule has 0 aliphatic carbocycles. The van der Waals surface area contributed by atoms with Crippen molar-refractivity contribution in [3.8, 4) is 0 Å². The summed E-state index contributed by atoms with van der Waals surface area (Å²) in [5.74, 6) is -0.0710. The molecule has 0 spiro atoms. The van der Waals surface area contributed by atoms with Gasteiger partial charge in [0.05, 0.1) is 6.04 Å². The summed E-state index contributed by atoms with van der Waals surface area (Å²) < 4.78 is 0. The summed E-state index contributed by atoms with van der Waals surface area (Å²) in [5.41, 5.74) is 3.70. The van der Waals surface area contributed by atoms with Crippen LogP contribution in [0.5, 0.6) is 0 Å². The number of amides is 2. The second kappa shape index (κ2) is 9.00. The van der Waals surface area contributed by atoms with Crippen molar-refractivity contribution in [2.24, 2.45) is 0 Å². The average molecular weight is 411 g/mol. The number of hydrogen-bond donors (Lipinski definition) is 0. The van der Waals surface area contributed by atoms with Gasteiger partial charge in [-0.3, -0.25) is 9.59 Å². The van der Waals surface area contributed by atoms with E-state index in [4.69, 9.17) is 0 Å². The summed E-state index contributed by atoms with van der Waals surface area (Å²) in [6.07, 6.45) is 4.13. The molecule has 156 valence electrons. The van der Waals surface area contributed by atoms with Crippen LogP contribution in [-0.2, 0) is 9.59 Å². The normalized spacial score (nSPS) is 17.9. The summed E-state index contributed by atoms with van der Waals surface area (Å²) in [6.45, 7) is 3.64. The molecule has 0 bridgehead atoms. The number of para-hydroxylation sites is 2. The highest BCUT2D eigenvalue weighted by molar-refractivity contribution is 6.05. The van der Waals surface area contributed by atoms with Gasteiger partial charge in [0.2, 0.25) is 5.91 Å². The lowest BCUT2D eigenvalue weighted by Gasteiger charge is -2.43. The minimum absolute atomic E-state index is 0.0121. The fourth-order valence-electron chi connectivity index (χ4n) is 4.34. The Morgan fingerprint density at radius 2 is 1.52 bits per heavy atom. The highest BCUT2D eigenvalue weighted by Gasteiger charge is 2.37.